The molecule has 0 fully saturated rings. The van der Waals surface area contributed by atoms with Gasteiger partial charge in [-0.1, -0.05) is 23.8 Å². The number of ether oxygens (including phenoxy) is 1. The van der Waals surface area contributed by atoms with Gasteiger partial charge >= 0.3 is 0 Å². The number of aliphatic hydroxyl groups is 1. The molecule has 1 N–H and O–H groups in total. The zero-order valence-corrected chi connectivity index (χ0v) is 16.0. The zero-order chi connectivity index (χ0) is 18.4. The van der Waals surface area contributed by atoms with E-state index < -0.39 is 6.10 Å². The lowest BCUT2D eigenvalue weighted by atomic mass is 10.1. The summed E-state index contributed by atoms with van der Waals surface area (Å²) in [4.78, 5) is 3.44. The molecule has 0 saturated carbocycles. The van der Waals surface area contributed by atoms with Gasteiger partial charge in [-0.25, -0.2) is 0 Å². The molecule has 0 aliphatic carbocycles. The molecule has 1 aromatic carbocycles. The molecule has 138 valence electrons. The summed E-state index contributed by atoms with van der Waals surface area (Å²) in [7, 11) is 0. The summed E-state index contributed by atoms with van der Waals surface area (Å²) in [5.74, 6) is 1.72. The van der Waals surface area contributed by atoms with Gasteiger partial charge < -0.3 is 14.3 Å². The molecule has 3 rings (SSSR count). The maximum Gasteiger partial charge on any atom is 0.122 e. The van der Waals surface area contributed by atoms with Gasteiger partial charge in [0.2, 0.25) is 0 Å². The average Bonchev–Trinajstić information content (AvgIpc) is 3.28. The van der Waals surface area contributed by atoms with Crippen molar-refractivity contribution in [2.24, 2.45) is 0 Å². The van der Waals surface area contributed by atoms with Gasteiger partial charge in [-0.05, 0) is 49.1 Å². The lowest BCUT2D eigenvalue weighted by Gasteiger charge is -2.24. The normalized spacial score (nSPS) is 12.5. The summed E-state index contributed by atoms with van der Waals surface area (Å²) in [5, 5.41) is 12.6. The molecule has 0 radical (unpaired) electrons. The molecular weight excluding hydrogens is 346 g/mol. The summed E-state index contributed by atoms with van der Waals surface area (Å²) >= 11 is 1.72. The van der Waals surface area contributed by atoms with Crippen LogP contribution in [0.1, 0.15) is 21.8 Å². The molecule has 3 aromatic rings. The van der Waals surface area contributed by atoms with E-state index in [9.17, 15) is 5.11 Å². The van der Waals surface area contributed by atoms with E-state index in [0.717, 1.165) is 23.6 Å². The van der Waals surface area contributed by atoms with Gasteiger partial charge in [0.05, 0.1) is 12.8 Å². The van der Waals surface area contributed by atoms with E-state index in [-0.39, 0.29) is 6.61 Å². The van der Waals surface area contributed by atoms with Crippen LogP contribution in [0.3, 0.4) is 0 Å². The Morgan fingerprint density at radius 3 is 2.73 bits per heavy atom. The van der Waals surface area contributed by atoms with Crippen LogP contribution in [0.2, 0.25) is 0 Å². The number of benzene rings is 1. The first kappa shape index (κ1) is 18.7. The predicted octanol–water partition coefficient (Wildman–Crippen LogP) is 4.40. The Balaban J connectivity index is 1.57. The van der Waals surface area contributed by atoms with Crippen molar-refractivity contribution in [3.05, 3.63) is 75.9 Å². The summed E-state index contributed by atoms with van der Waals surface area (Å²) in [6.45, 7) is 6.30. The molecule has 0 bridgehead atoms. The van der Waals surface area contributed by atoms with Crippen LogP contribution < -0.4 is 4.74 Å². The van der Waals surface area contributed by atoms with E-state index in [0.29, 0.717) is 13.1 Å². The predicted molar refractivity (Wildman–Crippen MR) is 105 cm³/mol. The third-order valence-corrected chi connectivity index (χ3v) is 5.01. The van der Waals surface area contributed by atoms with Crippen LogP contribution in [0.4, 0.5) is 0 Å². The zero-order valence-electron chi connectivity index (χ0n) is 15.2. The van der Waals surface area contributed by atoms with Crippen molar-refractivity contribution in [2.75, 3.05) is 13.2 Å². The number of hydrogen-bond donors (Lipinski definition) is 1. The molecule has 0 spiro atoms. The summed E-state index contributed by atoms with van der Waals surface area (Å²) in [6.07, 6.45) is 1.10. The second-order valence-corrected chi connectivity index (χ2v) is 7.59. The van der Waals surface area contributed by atoms with Crippen LogP contribution in [0.25, 0.3) is 0 Å². The maximum absolute atomic E-state index is 10.5. The minimum absolute atomic E-state index is 0.267. The SMILES string of the molecule is Cc1ccc(OCC(O)CN(Cc2ccco2)Cc2cccs2)c(C)c1. The molecule has 5 heteroatoms. The lowest BCUT2D eigenvalue weighted by molar-refractivity contribution is 0.0606. The molecule has 0 amide bonds. The summed E-state index contributed by atoms with van der Waals surface area (Å²) in [5.41, 5.74) is 2.29. The quantitative estimate of drug-likeness (QED) is 0.606. The number of nitrogens with zero attached hydrogens (tertiary/aromatic N) is 1. The molecule has 0 aliphatic rings. The highest BCUT2D eigenvalue weighted by Crippen LogP contribution is 2.19. The smallest absolute Gasteiger partial charge is 0.122 e. The van der Waals surface area contributed by atoms with Gasteiger partial charge in [-0.3, -0.25) is 4.90 Å². The molecule has 2 aromatic heterocycles. The van der Waals surface area contributed by atoms with E-state index in [1.165, 1.54) is 10.4 Å². The fraction of sp³-hybridized carbons (Fsp3) is 0.333. The second-order valence-electron chi connectivity index (χ2n) is 6.56. The molecule has 26 heavy (non-hydrogen) atoms. The fourth-order valence-electron chi connectivity index (χ4n) is 2.93. The number of thiophene rings is 1. The van der Waals surface area contributed by atoms with Crippen LogP contribution in [0.5, 0.6) is 5.75 Å². The Morgan fingerprint density at radius 2 is 2.04 bits per heavy atom. The van der Waals surface area contributed by atoms with E-state index >= 15 is 0 Å². The Labute approximate surface area is 158 Å². The maximum atomic E-state index is 10.5. The Kier molecular flexibility index (Phi) is 6.50. The highest BCUT2D eigenvalue weighted by atomic mass is 32.1. The van der Waals surface area contributed by atoms with Gasteiger partial charge in [-0.15, -0.1) is 11.3 Å². The number of furan rings is 1. The molecule has 2 heterocycles. The first-order valence-corrected chi connectivity index (χ1v) is 9.63. The van der Waals surface area contributed by atoms with Gasteiger partial charge in [0.15, 0.2) is 0 Å². The third kappa shape index (κ3) is 5.46. The Hall–Kier alpha value is -2.08. The Morgan fingerprint density at radius 1 is 1.15 bits per heavy atom. The average molecular weight is 372 g/mol. The van der Waals surface area contributed by atoms with Crippen LogP contribution >= 0.6 is 11.3 Å². The van der Waals surface area contributed by atoms with Crippen molar-refractivity contribution < 1.29 is 14.3 Å². The van der Waals surface area contributed by atoms with Crippen molar-refractivity contribution in [1.82, 2.24) is 4.90 Å². The number of hydrogen-bond acceptors (Lipinski definition) is 5. The van der Waals surface area contributed by atoms with Crippen LogP contribution in [0.15, 0.2) is 58.5 Å². The molecule has 1 atom stereocenters. The minimum Gasteiger partial charge on any atom is -0.491 e. The second kappa shape index (κ2) is 9.03. The lowest BCUT2D eigenvalue weighted by Crippen LogP contribution is -2.34. The van der Waals surface area contributed by atoms with E-state index in [2.05, 4.69) is 29.3 Å². The van der Waals surface area contributed by atoms with E-state index in [1.54, 1.807) is 17.6 Å². The first-order valence-electron chi connectivity index (χ1n) is 8.75. The van der Waals surface area contributed by atoms with Crippen molar-refractivity contribution in [1.29, 1.82) is 0 Å². The van der Waals surface area contributed by atoms with E-state index in [1.807, 2.05) is 37.3 Å². The van der Waals surface area contributed by atoms with Crippen LogP contribution in [-0.4, -0.2) is 29.3 Å². The van der Waals surface area contributed by atoms with Crippen molar-refractivity contribution in [3.8, 4) is 5.75 Å². The van der Waals surface area contributed by atoms with Gasteiger partial charge in [0, 0.05) is 18.0 Å². The number of aliphatic hydroxyl groups excluding tert-OH is 1. The van der Waals surface area contributed by atoms with Crippen molar-refractivity contribution in [2.45, 2.75) is 33.0 Å². The van der Waals surface area contributed by atoms with Crippen LogP contribution in [-0.2, 0) is 13.1 Å². The highest BCUT2D eigenvalue weighted by Gasteiger charge is 2.16. The van der Waals surface area contributed by atoms with Gasteiger partial charge in [0.1, 0.15) is 24.2 Å². The number of rotatable bonds is 9. The largest absolute Gasteiger partial charge is 0.491 e. The van der Waals surface area contributed by atoms with Crippen molar-refractivity contribution >= 4 is 11.3 Å². The third-order valence-electron chi connectivity index (χ3n) is 4.15. The number of aryl methyl sites for hydroxylation is 2. The standard InChI is InChI=1S/C21H25NO3S/c1-16-7-8-21(17(2)11-16)25-15-18(23)12-22(13-19-5-3-9-24-19)14-20-6-4-10-26-20/h3-11,18,23H,12-15H2,1-2H3. The molecular formula is C21H25NO3S. The molecule has 1 unspecified atom stereocenters. The molecule has 0 saturated heterocycles. The molecule has 0 aliphatic heterocycles. The topological polar surface area (TPSA) is 45.8 Å². The van der Waals surface area contributed by atoms with Gasteiger partial charge in [0.25, 0.3) is 0 Å². The van der Waals surface area contributed by atoms with Crippen molar-refractivity contribution in [3.63, 3.8) is 0 Å². The highest BCUT2D eigenvalue weighted by molar-refractivity contribution is 7.09. The summed E-state index contributed by atoms with van der Waals surface area (Å²) < 4.78 is 11.3. The van der Waals surface area contributed by atoms with Gasteiger partial charge in [-0.2, -0.15) is 0 Å². The monoisotopic (exact) mass is 371 g/mol. The first-order chi connectivity index (χ1) is 12.6. The molecule has 4 nitrogen and oxygen atoms in total. The minimum atomic E-state index is -0.578. The summed E-state index contributed by atoms with van der Waals surface area (Å²) in [6, 6.07) is 14.1. The van der Waals surface area contributed by atoms with E-state index in [4.69, 9.17) is 9.15 Å². The van der Waals surface area contributed by atoms with Crippen LogP contribution in [0, 0.1) is 13.8 Å². The fourth-order valence-corrected chi connectivity index (χ4v) is 3.68. The Bertz CT molecular complexity index is 747.